The van der Waals surface area contributed by atoms with E-state index in [2.05, 4.69) is 62.5 Å². The van der Waals surface area contributed by atoms with Crippen LogP contribution in [0.4, 0.5) is 0 Å². The lowest BCUT2D eigenvalue weighted by atomic mass is 10.0. The fourth-order valence-electron chi connectivity index (χ4n) is 13.6. The summed E-state index contributed by atoms with van der Waals surface area (Å²) < 4.78 is 34.5. The van der Waals surface area contributed by atoms with Gasteiger partial charge in [0.05, 0.1) is 27.7 Å². The second kappa shape index (κ2) is 81.1. The van der Waals surface area contributed by atoms with E-state index in [1.807, 2.05) is 21.1 Å². The molecule has 9 nitrogen and oxygen atoms in total. The number of carbonyl (C=O) groups excluding carboxylic acids is 2. The average Bonchev–Trinajstić information content (AvgIpc) is 1.07. The zero-order valence-electron chi connectivity index (χ0n) is 67.7. The highest BCUT2D eigenvalue weighted by molar-refractivity contribution is 7.45. The van der Waals surface area contributed by atoms with Crippen LogP contribution in [0.25, 0.3) is 0 Å². The molecule has 0 aliphatic carbocycles. The molecule has 0 bridgehead atoms. The molecule has 0 aliphatic rings. The average molecular weight is 1430 g/mol. The number of esters is 2. The molecule has 2 unspecified atom stereocenters. The summed E-state index contributed by atoms with van der Waals surface area (Å²) in [5, 5.41) is 0. The van der Waals surface area contributed by atoms with Crippen LogP contribution in [0.3, 0.4) is 0 Å². The molecule has 100 heavy (non-hydrogen) atoms. The van der Waals surface area contributed by atoms with Crippen molar-refractivity contribution in [2.24, 2.45) is 0 Å². The van der Waals surface area contributed by atoms with Gasteiger partial charge >= 0.3 is 11.9 Å². The van der Waals surface area contributed by atoms with E-state index in [4.69, 9.17) is 18.5 Å². The Kier molecular flexibility index (Phi) is 79.4. The largest absolute Gasteiger partial charge is 0.756 e. The van der Waals surface area contributed by atoms with E-state index in [1.165, 1.54) is 385 Å². The van der Waals surface area contributed by atoms with E-state index < -0.39 is 26.5 Å². The van der Waals surface area contributed by atoms with Crippen molar-refractivity contribution in [3.8, 4) is 0 Å². The molecule has 0 N–H and O–H groups in total. The van der Waals surface area contributed by atoms with Gasteiger partial charge in [-0.05, 0) is 77.0 Å². The molecule has 0 rings (SSSR count). The first-order valence-corrected chi connectivity index (χ1v) is 45.8. The normalized spacial score (nSPS) is 13.1. The van der Waals surface area contributed by atoms with Crippen molar-refractivity contribution in [1.29, 1.82) is 0 Å². The summed E-state index contributed by atoms with van der Waals surface area (Å²) in [5.74, 6) is -0.804. The quantitative estimate of drug-likeness (QED) is 0.0195. The molecule has 0 saturated heterocycles. The number of unbranched alkanes of at least 4 members (excludes halogenated alkanes) is 62. The second-order valence-corrected chi connectivity index (χ2v) is 33.0. The number of phosphoric acid groups is 1. The molecule has 0 spiro atoms. The highest BCUT2D eigenvalue weighted by Gasteiger charge is 2.22. The lowest BCUT2D eigenvalue weighted by Crippen LogP contribution is -2.37. The number of allylic oxidation sites excluding steroid dienone is 8. The lowest BCUT2D eigenvalue weighted by Gasteiger charge is -2.28. The lowest BCUT2D eigenvalue weighted by molar-refractivity contribution is -0.870. The van der Waals surface area contributed by atoms with Crippen LogP contribution in [0.5, 0.6) is 0 Å². The first-order chi connectivity index (χ1) is 49.0. The van der Waals surface area contributed by atoms with Gasteiger partial charge in [0.25, 0.3) is 7.82 Å². The van der Waals surface area contributed by atoms with E-state index in [1.54, 1.807) is 0 Å². The Morgan fingerprint density at radius 1 is 0.310 bits per heavy atom. The van der Waals surface area contributed by atoms with Crippen LogP contribution in [0.2, 0.25) is 0 Å². The number of nitrogens with zero attached hydrogens (tertiary/aromatic N) is 1. The molecule has 0 heterocycles. The van der Waals surface area contributed by atoms with Crippen LogP contribution in [0.1, 0.15) is 463 Å². The molecule has 0 aliphatic heterocycles. The zero-order chi connectivity index (χ0) is 72.5. The Hall–Kier alpha value is -2.03. The third kappa shape index (κ3) is 84.9. The van der Waals surface area contributed by atoms with Crippen molar-refractivity contribution in [2.75, 3.05) is 47.5 Å². The van der Waals surface area contributed by atoms with Gasteiger partial charge in [-0.3, -0.25) is 14.2 Å². The summed E-state index contributed by atoms with van der Waals surface area (Å²) in [7, 11) is 1.19. The molecule has 0 aromatic rings. The first kappa shape index (κ1) is 98.0. The maximum Gasteiger partial charge on any atom is 0.306 e. The number of carbonyl (C=O) groups is 2. The number of hydrogen-bond acceptors (Lipinski definition) is 8. The van der Waals surface area contributed by atoms with Gasteiger partial charge in [0.2, 0.25) is 0 Å². The summed E-state index contributed by atoms with van der Waals surface area (Å²) in [6, 6.07) is 0. The second-order valence-electron chi connectivity index (χ2n) is 31.6. The number of quaternary nitrogens is 1. The van der Waals surface area contributed by atoms with Crippen LogP contribution >= 0.6 is 7.82 Å². The van der Waals surface area contributed by atoms with Crippen LogP contribution in [0, 0.1) is 0 Å². The van der Waals surface area contributed by atoms with E-state index >= 15 is 0 Å². The third-order valence-electron chi connectivity index (χ3n) is 20.3. The summed E-state index contributed by atoms with van der Waals surface area (Å²) in [6.07, 6.45) is 109. The number of hydrogen-bond donors (Lipinski definition) is 0. The SMILES string of the molecule is CCCCCCC/C=C\C/C=C\CCCCCCCCCCCCCCCCCCCCCCCCCCCCCC(=O)OC(COC(=O)CCCCCCCCCCCCCCCCCCCCCCCCCCC/C=C\C/C=C\CCCCCCC)COP(=O)([O-])OCC[N+](C)(C)C. The summed E-state index contributed by atoms with van der Waals surface area (Å²) in [5.41, 5.74) is 0. The smallest absolute Gasteiger partial charge is 0.306 e. The maximum atomic E-state index is 12.9. The fraction of sp³-hybridized carbons (Fsp3) is 0.889. The van der Waals surface area contributed by atoms with Gasteiger partial charge in [-0.2, -0.15) is 0 Å². The van der Waals surface area contributed by atoms with Gasteiger partial charge in [-0.15, -0.1) is 0 Å². The van der Waals surface area contributed by atoms with Crippen LogP contribution < -0.4 is 4.89 Å². The van der Waals surface area contributed by atoms with Crippen molar-refractivity contribution >= 4 is 19.8 Å². The number of likely N-dealkylation sites (N-methyl/N-ethyl adjacent to an activating group) is 1. The van der Waals surface area contributed by atoms with Gasteiger partial charge in [0.1, 0.15) is 19.8 Å². The molecule has 0 aromatic heterocycles. The Morgan fingerprint density at radius 2 is 0.540 bits per heavy atom. The summed E-state index contributed by atoms with van der Waals surface area (Å²) in [4.78, 5) is 38.3. The Morgan fingerprint density at radius 3 is 0.790 bits per heavy atom. The zero-order valence-corrected chi connectivity index (χ0v) is 68.6. The maximum absolute atomic E-state index is 12.9. The van der Waals surface area contributed by atoms with E-state index in [0.29, 0.717) is 17.4 Å². The van der Waals surface area contributed by atoms with Crippen LogP contribution in [-0.4, -0.2) is 70.0 Å². The Labute approximate surface area is 624 Å². The monoisotopic (exact) mass is 1430 g/mol. The minimum Gasteiger partial charge on any atom is -0.756 e. The molecule has 0 amide bonds. The topological polar surface area (TPSA) is 111 Å². The Balaban J connectivity index is 3.85. The highest BCUT2D eigenvalue weighted by Crippen LogP contribution is 2.38. The van der Waals surface area contributed by atoms with E-state index in [9.17, 15) is 19.0 Å². The van der Waals surface area contributed by atoms with Gasteiger partial charge in [-0.25, -0.2) is 0 Å². The van der Waals surface area contributed by atoms with Gasteiger partial charge < -0.3 is 27.9 Å². The van der Waals surface area contributed by atoms with Crippen molar-refractivity contribution in [1.82, 2.24) is 0 Å². The molecule has 0 fully saturated rings. The first-order valence-electron chi connectivity index (χ1n) is 44.3. The standard InChI is InChI=1S/C90H172NO8P/c1-6-8-10-12-14-16-18-20-22-24-26-28-30-32-34-36-38-40-42-44-45-47-49-51-53-55-57-59-61-63-65-67-69-71-73-75-77-79-81-83-90(93)99-88(87-98-100(94,95)97-85-84-91(3,4)5)86-96-89(92)82-80-78-76-74-72-70-68-66-64-62-60-58-56-54-52-50-48-46-43-41-39-37-35-33-31-29-27-25-23-21-19-17-15-13-11-9-7-2/h18-21,24-27,88H,6-17,22-23,28-87H2,1-5H3/b20-18-,21-19-,26-24-,27-25-. The van der Waals surface area contributed by atoms with Crippen molar-refractivity contribution < 1.29 is 42.1 Å². The highest BCUT2D eigenvalue weighted by atomic mass is 31.2. The fourth-order valence-corrected chi connectivity index (χ4v) is 14.3. The molecule has 590 valence electrons. The third-order valence-corrected chi connectivity index (χ3v) is 21.3. The molecular formula is C90H172NO8P. The predicted molar refractivity (Wildman–Crippen MR) is 434 cm³/mol. The molecule has 2 atom stereocenters. The number of rotatable bonds is 84. The van der Waals surface area contributed by atoms with Crippen molar-refractivity contribution in [3.05, 3.63) is 48.6 Å². The van der Waals surface area contributed by atoms with Crippen molar-refractivity contribution in [3.63, 3.8) is 0 Å². The van der Waals surface area contributed by atoms with Gasteiger partial charge in [-0.1, -0.05) is 422 Å². The molecule has 0 aromatic carbocycles. The molecule has 0 radical (unpaired) electrons. The Bertz CT molecular complexity index is 1830. The van der Waals surface area contributed by atoms with Gasteiger partial charge in [0, 0.05) is 12.8 Å². The number of ether oxygens (including phenoxy) is 2. The minimum atomic E-state index is -4.64. The summed E-state index contributed by atoms with van der Waals surface area (Å²) >= 11 is 0. The van der Waals surface area contributed by atoms with Crippen molar-refractivity contribution in [2.45, 2.75) is 469 Å². The molecule has 10 heteroatoms. The van der Waals surface area contributed by atoms with Gasteiger partial charge in [0.15, 0.2) is 6.10 Å². The predicted octanol–water partition coefficient (Wildman–Crippen LogP) is 29.2. The van der Waals surface area contributed by atoms with Crippen LogP contribution in [0.15, 0.2) is 48.6 Å². The molecule has 0 saturated carbocycles. The van der Waals surface area contributed by atoms with Crippen LogP contribution in [-0.2, 0) is 32.7 Å². The van der Waals surface area contributed by atoms with E-state index in [0.717, 1.165) is 44.9 Å². The van der Waals surface area contributed by atoms with E-state index in [-0.39, 0.29) is 32.0 Å². The minimum absolute atomic E-state index is 0.0271. The number of phosphoric ester groups is 1. The summed E-state index contributed by atoms with van der Waals surface area (Å²) in [6.45, 7) is 4.31. The molecular weight excluding hydrogens is 1250 g/mol.